The maximum atomic E-state index is 12.6. The summed E-state index contributed by atoms with van der Waals surface area (Å²) in [6, 6.07) is 16.9. The number of carbonyl (C=O) groups excluding carboxylic acids is 1. The Morgan fingerprint density at radius 1 is 0.972 bits per heavy atom. The Balaban J connectivity index is 1.49. The van der Waals surface area contributed by atoms with Gasteiger partial charge in [-0.25, -0.2) is 0 Å². The third-order valence-electron chi connectivity index (χ3n) is 7.86. The van der Waals surface area contributed by atoms with Gasteiger partial charge in [-0.2, -0.15) is 0 Å². The van der Waals surface area contributed by atoms with Crippen LogP contribution in [-0.4, -0.2) is 69.3 Å². The fourth-order valence-electron chi connectivity index (χ4n) is 5.69. The van der Waals surface area contributed by atoms with E-state index >= 15 is 0 Å². The number of nitrogens with zero attached hydrogens (tertiary/aromatic N) is 2. The lowest BCUT2D eigenvalue weighted by molar-refractivity contribution is -0.134. The molecule has 2 aromatic rings. The number of rotatable bonds is 6. The third-order valence-corrected chi connectivity index (χ3v) is 7.86. The number of aryl methyl sites for hydroxylation is 1. The SMILES string of the molecule is COCCC(=O)N1CCC2(CCCCc3ccccc3OCCN(Cc3ccc(OC)cc3)C2)CC1. The van der Waals surface area contributed by atoms with E-state index < -0.39 is 0 Å². The molecule has 1 saturated heterocycles. The number of ether oxygens (including phenoxy) is 3. The number of benzene rings is 2. The Labute approximate surface area is 216 Å². The summed E-state index contributed by atoms with van der Waals surface area (Å²) < 4.78 is 16.8. The maximum Gasteiger partial charge on any atom is 0.224 e. The molecule has 0 bridgehead atoms. The van der Waals surface area contributed by atoms with Gasteiger partial charge in [-0.3, -0.25) is 9.69 Å². The molecular formula is C30H42N2O4. The van der Waals surface area contributed by atoms with Crippen LogP contribution in [0.1, 0.15) is 49.7 Å². The molecule has 0 radical (unpaired) electrons. The van der Waals surface area contributed by atoms with E-state index in [1.165, 1.54) is 24.0 Å². The van der Waals surface area contributed by atoms with Crippen molar-refractivity contribution in [2.75, 3.05) is 53.6 Å². The molecule has 36 heavy (non-hydrogen) atoms. The van der Waals surface area contributed by atoms with Crippen molar-refractivity contribution in [3.63, 3.8) is 0 Å². The zero-order chi connectivity index (χ0) is 25.2. The van der Waals surface area contributed by atoms with Crippen LogP contribution in [0.25, 0.3) is 0 Å². The molecule has 2 aliphatic heterocycles. The van der Waals surface area contributed by atoms with E-state index in [0.29, 0.717) is 19.6 Å². The van der Waals surface area contributed by atoms with E-state index in [0.717, 1.165) is 69.9 Å². The van der Waals surface area contributed by atoms with Crippen molar-refractivity contribution in [1.82, 2.24) is 9.80 Å². The second-order valence-electron chi connectivity index (χ2n) is 10.3. The number of amides is 1. The molecule has 0 unspecified atom stereocenters. The van der Waals surface area contributed by atoms with Gasteiger partial charge in [-0.05, 0) is 66.8 Å². The van der Waals surface area contributed by atoms with Crippen molar-refractivity contribution < 1.29 is 19.0 Å². The molecule has 6 nitrogen and oxygen atoms in total. The molecule has 0 saturated carbocycles. The van der Waals surface area contributed by atoms with Gasteiger partial charge in [0.2, 0.25) is 5.91 Å². The standard InChI is InChI=1S/C30H42N2O4/c1-34-21-14-29(33)32-18-16-30(17-19-32)15-6-5-8-26-7-3-4-9-28(26)36-22-20-31(24-30)23-25-10-12-27(35-2)13-11-25/h3-4,7,9-13H,5-6,8,14-24H2,1-2H3. The molecular weight excluding hydrogens is 452 g/mol. The summed E-state index contributed by atoms with van der Waals surface area (Å²) in [7, 11) is 3.36. The first-order valence-corrected chi connectivity index (χ1v) is 13.4. The van der Waals surface area contributed by atoms with Gasteiger partial charge in [-0.15, -0.1) is 0 Å². The highest BCUT2D eigenvalue weighted by Gasteiger charge is 2.37. The van der Waals surface area contributed by atoms with Crippen LogP contribution in [0.2, 0.25) is 0 Å². The predicted octanol–water partition coefficient (Wildman–Crippen LogP) is 4.95. The van der Waals surface area contributed by atoms with Gasteiger partial charge in [0.15, 0.2) is 0 Å². The molecule has 0 atom stereocenters. The van der Waals surface area contributed by atoms with E-state index in [9.17, 15) is 4.79 Å². The highest BCUT2D eigenvalue weighted by molar-refractivity contribution is 5.76. The van der Waals surface area contributed by atoms with Crippen molar-refractivity contribution in [3.8, 4) is 11.5 Å². The van der Waals surface area contributed by atoms with Crippen LogP contribution >= 0.6 is 0 Å². The number of hydrogen-bond acceptors (Lipinski definition) is 5. The number of piperidine rings is 1. The fraction of sp³-hybridized carbons (Fsp3) is 0.567. The van der Waals surface area contributed by atoms with Crippen LogP contribution in [-0.2, 0) is 22.5 Å². The zero-order valence-electron chi connectivity index (χ0n) is 22.0. The Morgan fingerprint density at radius 3 is 2.50 bits per heavy atom. The quantitative estimate of drug-likeness (QED) is 0.569. The van der Waals surface area contributed by atoms with Gasteiger partial charge in [0.05, 0.1) is 20.1 Å². The largest absolute Gasteiger partial charge is 0.497 e. The van der Waals surface area contributed by atoms with Crippen LogP contribution in [0.4, 0.5) is 0 Å². The Kier molecular flexibility index (Phi) is 9.65. The summed E-state index contributed by atoms with van der Waals surface area (Å²) in [5.74, 6) is 2.13. The molecule has 196 valence electrons. The van der Waals surface area contributed by atoms with E-state index in [1.54, 1.807) is 14.2 Å². The number of hydrogen-bond donors (Lipinski definition) is 0. The fourth-order valence-corrected chi connectivity index (χ4v) is 5.69. The average molecular weight is 495 g/mol. The average Bonchev–Trinajstić information content (AvgIpc) is 2.90. The summed E-state index contributed by atoms with van der Waals surface area (Å²) in [6.07, 6.45) is 7.21. The van der Waals surface area contributed by atoms with E-state index in [-0.39, 0.29) is 11.3 Å². The smallest absolute Gasteiger partial charge is 0.224 e. The first kappa shape index (κ1) is 26.5. The molecule has 4 rings (SSSR count). The van der Waals surface area contributed by atoms with Crippen LogP contribution in [0.3, 0.4) is 0 Å². The molecule has 0 N–H and O–H groups in total. The highest BCUT2D eigenvalue weighted by atomic mass is 16.5. The van der Waals surface area contributed by atoms with Gasteiger partial charge in [0.1, 0.15) is 18.1 Å². The lowest BCUT2D eigenvalue weighted by atomic mass is 9.73. The second kappa shape index (κ2) is 13.1. The highest BCUT2D eigenvalue weighted by Crippen LogP contribution is 2.39. The molecule has 1 spiro atoms. The van der Waals surface area contributed by atoms with E-state index in [1.807, 2.05) is 17.0 Å². The van der Waals surface area contributed by atoms with Crippen molar-refractivity contribution in [1.29, 1.82) is 0 Å². The van der Waals surface area contributed by atoms with E-state index in [2.05, 4.69) is 41.3 Å². The number of fused-ring (bicyclic) bond motifs is 1. The van der Waals surface area contributed by atoms with Gasteiger partial charge in [0.25, 0.3) is 0 Å². The topological polar surface area (TPSA) is 51.2 Å². The molecule has 0 aliphatic carbocycles. The Hall–Kier alpha value is -2.57. The molecule has 2 aromatic carbocycles. The lowest BCUT2D eigenvalue weighted by Crippen LogP contribution is -2.48. The molecule has 1 amide bonds. The summed E-state index contributed by atoms with van der Waals surface area (Å²) in [6.45, 7) is 5.65. The maximum absolute atomic E-state index is 12.6. The summed E-state index contributed by atoms with van der Waals surface area (Å²) >= 11 is 0. The molecule has 2 aliphatic rings. The van der Waals surface area contributed by atoms with Crippen LogP contribution in [0.15, 0.2) is 48.5 Å². The normalized spacial score (nSPS) is 19.0. The van der Waals surface area contributed by atoms with Crippen LogP contribution in [0.5, 0.6) is 11.5 Å². The van der Waals surface area contributed by atoms with Gasteiger partial charge >= 0.3 is 0 Å². The monoisotopic (exact) mass is 494 g/mol. The lowest BCUT2D eigenvalue weighted by Gasteiger charge is -2.45. The minimum Gasteiger partial charge on any atom is -0.497 e. The predicted molar refractivity (Wildman–Crippen MR) is 143 cm³/mol. The molecule has 6 heteroatoms. The number of methoxy groups -OCH3 is 2. The second-order valence-corrected chi connectivity index (χ2v) is 10.3. The van der Waals surface area contributed by atoms with Gasteiger partial charge < -0.3 is 19.1 Å². The van der Waals surface area contributed by atoms with Gasteiger partial charge in [-0.1, -0.05) is 36.8 Å². The van der Waals surface area contributed by atoms with Crippen molar-refractivity contribution in [2.24, 2.45) is 5.41 Å². The minimum absolute atomic E-state index is 0.222. The van der Waals surface area contributed by atoms with Gasteiger partial charge in [0, 0.05) is 39.8 Å². The van der Waals surface area contributed by atoms with E-state index in [4.69, 9.17) is 14.2 Å². The molecule has 1 fully saturated rings. The zero-order valence-corrected chi connectivity index (χ0v) is 22.0. The minimum atomic E-state index is 0.222. The van der Waals surface area contributed by atoms with Crippen LogP contribution in [0, 0.1) is 5.41 Å². The van der Waals surface area contributed by atoms with Crippen molar-refractivity contribution >= 4 is 5.91 Å². The first-order valence-electron chi connectivity index (χ1n) is 13.4. The van der Waals surface area contributed by atoms with Crippen molar-refractivity contribution in [2.45, 2.75) is 51.5 Å². The molecule has 0 aromatic heterocycles. The third kappa shape index (κ3) is 7.23. The molecule has 2 heterocycles. The summed E-state index contributed by atoms with van der Waals surface area (Å²) in [5, 5.41) is 0. The van der Waals surface area contributed by atoms with Crippen LogP contribution < -0.4 is 9.47 Å². The number of para-hydroxylation sites is 1. The number of likely N-dealkylation sites (tertiary alicyclic amines) is 1. The first-order chi connectivity index (χ1) is 17.6. The Morgan fingerprint density at radius 2 is 1.75 bits per heavy atom. The number of carbonyl (C=O) groups is 1. The van der Waals surface area contributed by atoms with Crippen molar-refractivity contribution in [3.05, 3.63) is 59.7 Å². The Bertz CT molecular complexity index is 954. The summed E-state index contributed by atoms with van der Waals surface area (Å²) in [4.78, 5) is 17.2. The summed E-state index contributed by atoms with van der Waals surface area (Å²) in [5.41, 5.74) is 2.82.